The summed E-state index contributed by atoms with van der Waals surface area (Å²) in [5, 5.41) is 0. The smallest absolute Gasteiger partial charge is 0.413 e. The van der Waals surface area contributed by atoms with Crippen molar-refractivity contribution in [1.82, 2.24) is 4.90 Å². The van der Waals surface area contributed by atoms with Gasteiger partial charge in [0.25, 0.3) is 0 Å². The zero-order chi connectivity index (χ0) is 16.4. The van der Waals surface area contributed by atoms with E-state index in [2.05, 4.69) is 0 Å². The van der Waals surface area contributed by atoms with E-state index in [0.717, 1.165) is 0 Å². The second-order valence-corrected chi connectivity index (χ2v) is 7.20. The van der Waals surface area contributed by atoms with Crippen LogP contribution in [0.2, 0.25) is 0 Å². The van der Waals surface area contributed by atoms with Crippen molar-refractivity contribution in [2.45, 2.75) is 77.9 Å². The molecule has 1 rings (SSSR count). The zero-order valence-electron chi connectivity index (χ0n) is 14.1. The SMILES string of the molecule is COC1CC[C@@H](C(=O)OC(C)(C)C)N1C(=O)OC(C)(C)C. The predicted molar refractivity (Wildman–Crippen MR) is 77.7 cm³/mol. The molecule has 1 unspecified atom stereocenters. The Labute approximate surface area is 126 Å². The minimum atomic E-state index is -0.663. The van der Waals surface area contributed by atoms with Crippen molar-refractivity contribution >= 4 is 12.1 Å². The van der Waals surface area contributed by atoms with Crippen LogP contribution < -0.4 is 0 Å². The molecular weight excluding hydrogens is 274 g/mol. The van der Waals surface area contributed by atoms with Crippen molar-refractivity contribution < 1.29 is 23.8 Å². The first kappa shape index (κ1) is 17.8. The highest BCUT2D eigenvalue weighted by Crippen LogP contribution is 2.28. The summed E-state index contributed by atoms with van der Waals surface area (Å²) < 4.78 is 16.0. The molecule has 0 radical (unpaired) electrons. The van der Waals surface area contributed by atoms with Gasteiger partial charge in [-0.2, -0.15) is 0 Å². The summed E-state index contributed by atoms with van der Waals surface area (Å²) in [7, 11) is 1.51. The fourth-order valence-corrected chi connectivity index (χ4v) is 2.17. The van der Waals surface area contributed by atoms with Gasteiger partial charge in [0.15, 0.2) is 0 Å². The van der Waals surface area contributed by atoms with Crippen molar-refractivity contribution in [2.24, 2.45) is 0 Å². The van der Waals surface area contributed by atoms with E-state index < -0.39 is 35.5 Å². The summed E-state index contributed by atoms with van der Waals surface area (Å²) in [4.78, 5) is 25.9. The van der Waals surface area contributed by atoms with Crippen LogP contribution in [0.15, 0.2) is 0 Å². The molecule has 1 heterocycles. The number of hydrogen-bond donors (Lipinski definition) is 0. The van der Waals surface area contributed by atoms with Crippen LogP contribution in [0.1, 0.15) is 54.4 Å². The van der Waals surface area contributed by atoms with Gasteiger partial charge in [0, 0.05) is 7.11 Å². The number of rotatable bonds is 2. The van der Waals surface area contributed by atoms with Gasteiger partial charge < -0.3 is 14.2 Å². The Morgan fingerprint density at radius 2 is 1.48 bits per heavy atom. The van der Waals surface area contributed by atoms with Gasteiger partial charge >= 0.3 is 12.1 Å². The Balaban J connectivity index is 2.88. The number of esters is 1. The lowest BCUT2D eigenvalue weighted by Gasteiger charge is -2.32. The Hall–Kier alpha value is -1.30. The van der Waals surface area contributed by atoms with Crippen LogP contribution in [-0.4, -0.2) is 47.5 Å². The van der Waals surface area contributed by atoms with Crippen LogP contribution in [0, 0.1) is 0 Å². The summed E-state index contributed by atoms with van der Waals surface area (Å²) in [6, 6.07) is -0.663. The maximum absolute atomic E-state index is 12.3. The van der Waals surface area contributed by atoms with E-state index in [4.69, 9.17) is 14.2 Å². The number of ether oxygens (including phenoxy) is 3. The molecule has 2 atom stereocenters. The fraction of sp³-hybridized carbons (Fsp3) is 0.867. The van der Waals surface area contributed by atoms with Gasteiger partial charge in [0.1, 0.15) is 23.5 Å². The summed E-state index contributed by atoms with van der Waals surface area (Å²) in [5.74, 6) is -0.423. The first-order chi connectivity index (χ1) is 9.44. The second-order valence-electron chi connectivity index (χ2n) is 7.20. The average molecular weight is 301 g/mol. The highest BCUT2D eigenvalue weighted by Gasteiger charge is 2.44. The van der Waals surface area contributed by atoms with Gasteiger partial charge in [-0.15, -0.1) is 0 Å². The van der Waals surface area contributed by atoms with Crippen LogP contribution in [0.3, 0.4) is 0 Å². The highest BCUT2D eigenvalue weighted by molar-refractivity contribution is 5.82. The number of amides is 1. The van der Waals surface area contributed by atoms with Crippen molar-refractivity contribution in [3.05, 3.63) is 0 Å². The third-order valence-electron chi connectivity index (χ3n) is 2.89. The first-order valence-corrected chi connectivity index (χ1v) is 7.21. The minimum Gasteiger partial charge on any atom is -0.458 e. The van der Waals surface area contributed by atoms with E-state index in [1.807, 2.05) is 0 Å². The summed E-state index contributed by atoms with van der Waals surface area (Å²) >= 11 is 0. The molecule has 1 aliphatic rings. The zero-order valence-corrected chi connectivity index (χ0v) is 14.1. The molecule has 0 aromatic rings. The fourth-order valence-electron chi connectivity index (χ4n) is 2.17. The van der Waals surface area contributed by atoms with Crippen LogP contribution in [0.25, 0.3) is 0 Å². The van der Waals surface area contributed by atoms with E-state index in [0.29, 0.717) is 12.8 Å². The van der Waals surface area contributed by atoms with E-state index in [1.54, 1.807) is 41.5 Å². The standard InChI is InChI=1S/C15H27NO5/c1-14(2,3)20-12(17)10-8-9-11(19-7)16(10)13(18)21-15(4,5)6/h10-11H,8-9H2,1-7H3/t10-,11?/m0/s1. The monoisotopic (exact) mass is 301 g/mol. The molecule has 0 bridgehead atoms. The molecule has 0 N–H and O–H groups in total. The van der Waals surface area contributed by atoms with Gasteiger partial charge in [0.05, 0.1) is 0 Å². The molecule has 1 saturated heterocycles. The van der Waals surface area contributed by atoms with Crippen LogP contribution in [0.4, 0.5) is 4.79 Å². The number of methoxy groups -OCH3 is 1. The number of likely N-dealkylation sites (tertiary alicyclic amines) is 1. The van der Waals surface area contributed by atoms with Gasteiger partial charge in [0.2, 0.25) is 0 Å². The molecule has 122 valence electrons. The third kappa shape index (κ3) is 5.19. The van der Waals surface area contributed by atoms with Gasteiger partial charge in [-0.1, -0.05) is 0 Å². The van der Waals surface area contributed by atoms with Crippen molar-refractivity contribution in [1.29, 1.82) is 0 Å². The Morgan fingerprint density at radius 1 is 0.952 bits per heavy atom. The molecular formula is C15H27NO5. The van der Waals surface area contributed by atoms with Gasteiger partial charge in [-0.05, 0) is 54.4 Å². The minimum absolute atomic E-state index is 0.423. The molecule has 1 aliphatic heterocycles. The predicted octanol–water partition coefficient (Wildman–Crippen LogP) is 2.70. The number of nitrogens with zero attached hydrogens (tertiary/aromatic N) is 1. The Bertz CT molecular complexity index is 394. The summed E-state index contributed by atoms with van der Waals surface area (Å²) in [6.07, 6.45) is 0.0758. The van der Waals surface area contributed by atoms with Crippen molar-refractivity contribution in [3.8, 4) is 0 Å². The number of carbonyl (C=O) groups excluding carboxylic acids is 2. The largest absolute Gasteiger partial charge is 0.458 e. The molecule has 0 aromatic heterocycles. The van der Waals surface area contributed by atoms with E-state index >= 15 is 0 Å². The third-order valence-corrected chi connectivity index (χ3v) is 2.89. The Morgan fingerprint density at radius 3 is 1.90 bits per heavy atom. The molecule has 0 saturated carbocycles. The molecule has 0 aromatic carbocycles. The quantitative estimate of drug-likeness (QED) is 0.734. The van der Waals surface area contributed by atoms with Crippen molar-refractivity contribution in [3.63, 3.8) is 0 Å². The van der Waals surface area contributed by atoms with E-state index in [1.165, 1.54) is 12.0 Å². The van der Waals surface area contributed by atoms with Crippen molar-refractivity contribution in [2.75, 3.05) is 7.11 Å². The molecule has 0 aliphatic carbocycles. The molecule has 21 heavy (non-hydrogen) atoms. The molecule has 6 heteroatoms. The number of carbonyl (C=O) groups is 2. The summed E-state index contributed by atoms with van der Waals surface area (Å²) in [5.41, 5.74) is -1.22. The summed E-state index contributed by atoms with van der Waals surface area (Å²) in [6.45, 7) is 10.7. The lowest BCUT2D eigenvalue weighted by Crippen LogP contribution is -2.49. The van der Waals surface area contributed by atoms with E-state index in [-0.39, 0.29) is 0 Å². The molecule has 6 nitrogen and oxygen atoms in total. The maximum Gasteiger partial charge on any atom is 0.413 e. The highest BCUT2D eigenvalue weighted by atomic mass is 16.6. The normalized spacial score (nSPS) is 23.1. The molecule has 1 fully saturated rings. The molecule has 0 spiro atoms. The van der Waals surface area contributed by atoms with Gasteiger partial charge in [-0.25, -0.2) is 9.59 Å². The van der Waals surface area contributed by atoms with Crippen LogP contribution in [0.5, 0.6) is 0 Å². The second kappa shape index (κ2) is 6.22. The maximum atomic E-state index is 12.3. The topological polar surface area (TPSA) is 65.1 Å². The van der Waals surface area contributed by atoms with E-state index in [9.17, 15) is 9.59 Å². The number of hydrogen-bond acceptors (Lipinski definition) is 5. The lowest BCUT2D eigenvalue weighted by atomic mass is 10.1. The average Bonchev–Trinajstić information content (AvgIpc) is 2.67. The molecule has 1 amide bonds. The van der Waals surface area contributed by atoms with Gasteiger partial charge in [-0.3, -0.25) is 4.90 Å². The van der Waals surface area contributed by atoms with Crippen LogP contribution in [-0.2, 0) is 19.0 Å². The first-order valence-electron chi connectivity index (χ1n) is 7.21. The Kier molecular flexibility index (Phi) is 5.25. The lowest BCUT2D eigenvalue weighted by molar-refractivity contribution is -0.162. The van der Waals surface area contributed by atoms with Crippen LogP contribution >= 0.6 is 0 Å².